The Morgan fingerprint density at radius 3 is 2.89 bits per heavy atom. The first-order chi connectivity index (χ1) is 8.85. The lowest BCUT2D eigenvalue weighted by molar-refractivity contribution is 0.911. The average molecular weight is 257 g/mol. The van der Waals surface area contributed by atoms with Crippen molar-refractivity contribution in [2.24, 2.45) is 0 Å². The molecule has 2 aromatic rings. The molecule has 0 saturated heterocycles. The highest BCUT2D eigenvalue weighted by Crippen LogP contribution is 2.31. The van der Waals surface area contributed by atoms with E-state index >= 15 is 0 Å². The normalized spacial score (nSPS) is 13.4. The van der Waals surface area contributed by atoms with Gasteiger partial charge in [-0.2, -0.15) is 0 Å². The number of aryl methyl sites for hydroxylation is 2. The van der Waals surface area contributed by atoms with Gasteiger partial charge < -0.3 is 5.32 Å². The fraction of sp³-hybridized carbons (Fsp3) is 0.286. The molecule has 18 heavy (non-hydrogen) atoms. The fourth-order valence-electron chi connectivity index (χ4n) is 2.26. The van der Waals surface area contributed by atoms with Crippen molar-refractivity contribution in [3.05, 3.63) is 41.7 Å². The van der Waals surface area contributed by atoms with Crippen LogP contribution in [0.15, 0.2) is 40.5 Å². The van der Waals surface area contributed by atoms with Crippen LogP contribution in [0.25, 0.3) is 0 Å². The zero-order valence-electron chi connectivity index (χ0n) is 10.3. The second-order valence-corrected chi connectivity index (χ2v) is 5.47. The number of anilines is 1. The summed E-state index contributed by atoms with van der Waals surface area (Å²) >= 11 is 1.69. The Balaban J connectivity index is 1.83. The molecule has 1 aromatic heterocycles. The van der Waals surface area contributed by atoms with Crippen molar-refractivity contribution >= 4 is 17.6 Å². The maximum absolute atomic E-state index is 4.29. The number of rotatable bonds is 3. The number of fused-ring (bicyclic) bond motifs is 1. The van der Waals surface area contributed by atoms with Crippen LogP contribution < -0.4 is 5.32 Å². The molecule has 0 aliphatic heterocycles. The summed E-state index contributed by atoms with van der Waals surface area (Å²) in [6.45, 7) is 0. The third kappa shape index (κ3) is 2.34. The summed E-state index contributed by atoms with van der Waals surface area (Å²) < 4.78 is 0. The highest BCUT2D eigenvalue weighted by Gasteiger charge is 2.11. The largest absolute Gasteiger partial charge is 0.373 e. The molecule has 0 radical (unpaired) electrons. The van der Waals surface area contributed by atoms with Crippen LogP contribution in [0.1, 0.15) is 17.5 Å². The molecule has 1 heterocycles. The van der Waals surface area contributed by atoms with Gasteiger partial charge in [-0.05, 0) is 42.5 Å². The van der Waals surface area contributed by atoms with Crippen molar-refractivity contribution in [3.63, 3.8) is 0 Å². The first kappa shape index (κ1) is 11.5. The summed E-state index contributed by atoms with van der Waals surface area (Å²) in [7, 11) is 1.87. The molecule has 1 aliphatic rings. The van der Waals surface area contributed by atoms with Crippen LogP contribution in [0, 0.1) is 0 Å². The molecule has 0 bridgehead atoms. The number of hydrogen-bond donors (Lipinski definition) is 1. The van der Waals surface area contributed by atoms with E-state index in [1.807, 2.05) is 13.1 Å². The summed E-state index contributed by atoms with van der Waals surface area (Å²) in [5, 5.41) is 4.01. The van der Waals surface area contributed by atoms with Crippen LogP contribution in [0.2, 0.25) is 0 Å². The van der Waals surface area contributed by atoms with Crippen LogP contribution in [0.4, 0.5) is 5.82 Å². The Morgan fingerprint density at radius 2 is 2.00 bits per heavy atom. The molecule has 1 N–H and O–H groups in total. The van der Waals surface area contributed by atoms with E-state index in [2.05, 4.69) is 33.5 Å². The SMILES string of the molecule is CNc1cc(Sc2ccc3c(c2)CCC3)ncn1. The van der Waals surface area contributed by atoms with E-state index in [4.69, 9.17) is 0 Å². The summed E-state index contributed by atoms with van der Waals surface area (Å²) in [5.41, 5.74) is 3.01. The molecular formula is C14H15N3S. The lowest BCUT2D eigenvalue weighted by Crippen LogP contribution is -1.93. The molecule has 92 valence electrons. The van der Waals surface area contributed by atoms with Crippen LogP contribution in [-0.4, -0.2) is 17.0 Å². The van der Waals surface area contributed by atoms with Gasteiger partial charge in [0, 0.05) is 18.0 Å². The van der Waals surface area contributed by atoms with Crippen LogP contribution in [0.5, 0.6) is 0 Å². The number of benzene rings is 1. The van der Waals surface area contributed by atoms with E-state index in [-0.39, 0.29) is 0 Å². The zero-order valence-corrected chi connectivity index (χ0v) is 11.1. The second-order valence-electron chi connectivity index (χ2n) is 4.38. The first-order valence-electron chi connectivity index (χ1n) is 6.14. The molecule has 0 spiro atoms. The molecule has 1 aromatic carbocycles. The Hall–Kier alpha value is -1.55. The molecule has 0 amide bonds. The number of nitrogens with one attached hydrogen (secondary N) is 1. The molecule has 3 rings (SSSR count). The fourth-order valence-corrected chi connectivity index (χ4v) is 3.11. The highest BCUT2D eigenvalue weighted by atomic mass is 32.2. The Labute approximate surface area is 111 Å². The molecule has 4 heteroatoms. The van der Waals surface area contributed by atoms with E-state index in [0.717, 1.165) is 10.8 Å². The van der Waals surface area contributed by atoms with E-state index in [1.54, 1.807) is 18.1 Å². The van der Waals surface area contributed by atoms with Crippen molar-refractivity contribution < 1.29 is 0 Å². The van der Waals surface area contributed by atoms with E-state index in [0.29, 0.717) is 0 Å². The van der Waals surface area contributed by atoms with Crippen molar-refractivity contribution in [2.45, 2.75) is 29.2 Å². The predicted molar refractivity (Wildman–Crippen MR) is 74.2 cm³/mol. The van der Waals surface area contributed by atoms with Crippen molar-refractivity contribution in [1.82, 2.24) is 9.97 Å². The minimum Gasteiger partial charge on any atom is -0.373 e. The van der Waals surface area contributed by atoms with E-state index in [1.165, 1.54) is 35.3 Å². The molecular weight excluding hydrogens is 242 g/mol. The van der Waals surface area contributed by atoms with E-state index in [9.17, 15) is 0 Å². The molecule has 1 aliphatic carbocycles. The van der Waals surface area contributed by atoms with Gasteiger partial charge in [0.25, 0.3) is 0 Å². The van der Waals surface area contributed by atoms with Gasteiger partial charge in [-0.25, -0.2) is 9.97 Å². The smallest absolute Gasteiger partial charge is 0.130 e. The minimum absolute atomic E-state index is 0.855. The molecule has 3 nitrogen and oxygen atoms in total. The zero-order chi connectivity index (χ0) is 12.4. The Bertz CT molecular complexity index is 569. The topological polar surface area (TPSA) is 37.8 Å². The average Bonchev–Trinajstić information content (AvgIpc) is 2.86. The van der Waals surface area contributed by atoms with Gasteiger partial charge >= 0.3 is 0 Å². The van der Waals surface area contributed by atoms with Crippen molar-refractivity contribution in [3.8, 4) is 0 Å². The number of nitrogens with zero attached hydrogens (tertiary/aromatic N) is 2. The lowest BCUT2D eigenvalue weighted by atomic mass is 10.1. The van der Waals surface area contributed by atoms with Crippen LogP contribution in [0.3, 0.4) is 0 Å². The highest BCUT2D eigenvalue weighted by molar-refractivity contribution is 7.99. The van der Waals surface area contributed by atoms with Gasteiger partial charge in [0.2, 0.25) is 0 Å². The maximum atomic E-state index is 4.29. The summed E-state index contributed by atoms with van der Waals surface area (Å²) in [5.74, 6) is 0.855. The molecule has 0 unspecified atom stereocenters. The van der Waals surface area contributed by atoms with Crippen molar-refractivity contribution in [1.29, 1.82) is 0 Å². The van der Waals surface area contributed by atoms with Gasteiger partial charge in [-0.15, -0.1) is 0 Å². The molecule has 0 atom stereocenters. The monoisotopic (exact) mass is 257 g/mol. The lowest BCUT2D eigenvalue weighted by Gasteiger charge is -2.05. The molecule has 0 fully saturated rings. The quantitative estimate of drug-likeness (QED) is 0.857. The van der Waals surface area contributed by atoms with Crippen LogP contribution >= 0.6 is 11.8 Å². The number of hydrogen-bond acceptors (Lipinski definition) is 4. The molecule has 0 saturated carbocycles. The van der Waals surface area contributed by atoms with E-state index < -0.39 is 0 Å². The van der Waals surface area contributed by atoms with Crippen LogP contribution in [-0.2, 0) is 12.8 Å². The Kier molecular flexibility index (Phi) is 3.19. The van der Waals surface area contributed by atoms with Crippen molar-refractivity contribution in [2.75, 3.05) is 12.4 Å². The second kappa shape index (κ2) is 4.98. The summed E-state index contributed by atoms with van der Waals surface area (Å²) in [6, 6.07) is 8.72. The minimum atomic E-state index is 0.855. The third-order valence-electron chi connectivity index (χ3n) is 3.19. The third-order valence-corrected chi connectivity index (χ3v) is 4.11. The standard InChI is InChI=1S/C14H15N3S/c1-15-13-8-14(17-9-16-13)18-12-6-5-10-3-2-4-11(10)7-12/h5-9H,2-4H2,1H3,(H,15,16,17). The van der Waals surface area contributed by atoms with Gasteiger partial charge in [0.1, 0.15) is 17.2 Å². The first-order valence-corrected chi connectivity index (χ1v) is 6.96. The van der Waals surface area contributed by atoms with Gasteiger partial charge in [-0.3, -0.25) is 0 Å². The summed E-state index contributed by atoms with van der Waals surface area (Å²) in [6.07, 6.45) is 5.34. The van der Waals surface area contributed by atoms with Gasteiger partial charge in [0.15, 0.2) is 0 Å². The number of aromatic nitrogens is 2. The Morgan fingerprint density at radius 1 is 1.11 bits per heavy atom. The predicted octanol–water partition coefficient (Wildman–Crippen LogP) is 3.16. The van der Waals surface area contributed by atoms with Gasteiger partial charge in [0.05, 0.1) is 0 Å². The van der Waals surface area contributed by atoms with Gasteiger partial charge in [-0.1, -0.05) is 17.8 Å². The maximum Gasteiger partial charge on any atom is 0.130 e. The summed E-state index contributed by atoms with van der Waals surface area (Å²) in [4.78, 5) is 9.67.